The molecule has 1 atom stereocenters. The van der Waals surface area contributed by atoms with E-state index in [2.05, 4.69) is 10.3 Å². The second-order valence-corrected chi connectivity index (χ2v) is 8.13. The Hall–Kier alpha value is -4.32. The van der Waals surface area contributed by atoms with E-state index in [-0.39, 0.29) is 36.8 Å². The van der Waals surface area contributed by atoms with Crippen LogP contribution in [0.5, 0.6) is 0 Å². The van der Waals surface area contributed by atoms with Crippen LogP contribution in [-0.2, 0) is 23.2 Å². The third-order valence-electron chi connectivity index (χ3n) is 6.08. The number of imide groups is 1. The van der Waals surface area contributed by atoms with Crippen molar-refractivity contribution in [2.45, 2.75) is 25.4 Å². The molecule has 2 aromatic carbocycles. The Balaban J connectivity index is 1.52. The maximum atomic E-state index is 14.7. The number of carbonyl (C=O) groups is 3. The van der Waals surface area contributed by atoms with Gasteiger partial charge in [0.05, 0.1) is 29.3 Å². The first kappa shape index (κ1) is 20.6. The zero-order chi connectivity index (χ0) is 23.3. The standard InChI is InChI=1S/C24H18FN5O3/c1-29-12-27-21(22(29)17-8-13(10-26)2-5-18(17)25)14-3-4-16-15(9-14)11-30(24(16)33)19-6-7-20(31)28-23(19)32/h2-5,8-9,12,19H,6-7,11H2,1H3,(H,28,31,32). The first-order chi connectivity index (χ1) is 15.9. The van der Waals surface area contributed by atoms with Crippen LogP contribution in [-0.4, -0.2) is 38.2 Å². The first-order valence-corrected chi connectivity index (χ1v) is 10.4. The van der Waals surface area contributed by atoms with Gasteiger partial charge in [-0.15, -0.1) is 0 Å². The molecule has 0 bridgehead atoms. The van der Waals surface area contributed by atoms with Gasteiger partial charge in [0.15, 0.2) is 0 Å². The topological polar surface area (TPSA) is 108 Å². The molecule has 3 aromatic rings. The van der Waals surface area contributed by atoms with Crippen molar-refractivity contribution in [1.82, 2.24) is 19.8 Å². The number of nitriles is 1. The first-order valence-electron chi connectivity index (χ1n) is 10.4. The number of piperidine rings is 1. The minimum atomic E-state index is -0.695. The molecule has 164 valence electrons. The van der Waals surface area contributed by atoms with E-state index in [4.69, 9.17) is 0 Å². The predicted octanol–water partition coefficient (Wildman–Crippen LogP) is 2.53. The molecule has 0 spiro atoms. The van der Waals surface area contributed by atoms with E-state index in [1.165, 1.54) is 23.1 Å². The molecule has 1 fully saturated rings. The van der Waals surface area contributed by atoms with E-state index in [0.717, 1.165) is 5.56 Å². The predicted molar refractivity (Wildman–Crippen MR) is 115 cm³/mol. The number of benzene rings is 2. The SMILES string of the molecule is Cn1cnc(-c2ccc3c(c2)CN(C2CCC(=O)NC2=O)C3=O)c1-c1cc(C#N)ccc1F. The van der Waals surface area contributed by atoms with Crippen LogP contribution >= 0.6 is 0 Å². The van der Waals surface area contributed by atoms with Gasteiger partial charge in [-0.1, -0.05) is 6.07 Å². The number of imidazole rings is 1. The molecule has 1 saturated heterocycles. The van der Waals surface area contributed by atoms with E-state index in [1.54, 1.807) is 30.1 Å². The van der Waals surface area contributed by atoms with Crippen molar-refractivity contribution in [2.24, 2.45) is 7.05 Å². The molecule has 2 aliphatic heterocycles. The second-order valence-electron chi connectivity index (χ2n) is 8.13. The Labute approximate surface area is 188 Å². The van der Waals surface area contributed by atoms with Gasteiger partial charge in [0.2, 0.25) is 11.8 Å². The van der Waals surface area contributed by atoms with Gasteiger partial charge in [-0.3, -0.25) is 19.7 Å². The van der Waals surface area contributed by atoms with E-state index in [9.17, 15) is 24.0 Å². The number of hydrogen-bond acceptors (Lipinski definition) is 5. The zero-order valence-corrected chi connectivity index (χ0v) is 17.6. The Morgan fingerprint density at radius 2 is 1.97 bits per heavy atom. The molecule has 0 saturated carbocycles. The zero-order valence-electron chi connectivity index (χ0n) is 17.6. The van der Waals surface area contributed by atoms with Crippen LogP contribution in [0.2, 0.25) is 0 Å². The van der Waals surface area contributed by atoms with E-state index < -0.39 is 17.8 Å². The summed E-state index contributed by atoms with van der Waals surface area (Å²) in [5.74, 6) is -1.54. The average Bonchev–Trinajstić information content (AvgIpc) is 3.34. The van der Waals surface area contributed by atoms with Crippen LogP contribution in [0.15, 0.2) is 42.7 Å². The molecule has 3 amide bonds. The van der Waals surface area contributed by atoms with Crippen molar-refractivity contribution in [3.05, 3.63) is 65.2 Å². The van der Waals surface area contributed by atoms with Gasteiger partial charge in [-0.25, -0.2) is 9.37 Å². The van der Waals surface area contributed by atoms with Crippen molar-refractivity contribution >= 4 is 17.7 Å². The minimum absolute atomic E-state index is 0.187. The van der Waals surface area contributed by atoms with Crippen molar-refractivity contribution in [1.29, 1.82) is 5.26 Å². The van der Waals surface area contributed by atoms with Gasteiger partial charge in [0.25, 0.3) is 5.91 Å². The van der Waals surface area contributed by atoms with Crippen LogP contribution in [0.25, 0.3) is 22.5 Å². The molecule has 0 radical (unpaired) electrons. The summed E-state index contributed by atoms with van der Waals surface area (Å²) in [5.41, 5.74) is 3.51. The molecule has 33 heavy (non-hydrogen) atoms. The second kappa shape index (κ2) is 7.67. The average molecular weight is 443 g/mol. The van der Waals surface area contributed by atoms with Crippen LogP contribution in [0.3, 0.4) is 0 Å². The van der Waals surface area contributed by atoms with Crippen LogP contribution in [0.1, 0.15) is 34.3 Å². The number of nitrogens with zero attached hydrogens (tertiary/aromatic N) is 4. The summed E-state index contributed by atoms with van der Waals surface area (Å²) in [7, 11) is 1.74. The molecule has 0 aliphatic carbocycles. The van der Waals surface area contributed by atoms with E-state index in [0.29, 0.717) is 28.1 Å². The summed E-state index contributed by atoms with van der Waals surface area (Å²) in [5, 5.41) is 11.5. The molecule has 2 aliphatic rings. The van der Waals surface area contributed by atoms with Gasteiger partial charge < -0.3 is 9.47 Å². The summed E-state index contributed by atoms with van der Waals surface area (Å²) >= 11 is 0. The molecular weight excluding hydrogens is 425 g/mol. The summed E-state index contributed by atoms with van der Waals surface area (Å²) < 4.78 is 16.4. The van der Waals surface area contributed by atoms with Gasteiger partial charge in [-0.2, -0.15) is 5.26 Å². The lowest BCUT2D eigenvalue weighted by atomic mass is 9.99. The smallest absolute Gasteiger partial charge is 0.255 e. The van der Waals surface area contributed by atoms with E-state index in [1.807, 2.05) is 12.1 Å². The number of carbonyl (C=O) groups excluding carboxylic acids is 3. The Kier molecular flexibility index (Phi) is 4.78. The van der Waals surface area contributed by atoms with Crippen molar-refractivity contribution in [3.8, 4) is 28.6 Å². The maximum absolute atomic E-state index is 14.7. The fourth-order valence-electron chi connectivity index (χ4n) is 4.46. The molecule has 1 aromatic heterocycles. The highest BCUT2D eigenvalue weighted by atomic mass is 19.1. The Bertz CT molecular complexity index is 1390. The molecule has 1 unspecified atom stereocenters. The normalized spacial score (nSPS) is 17.7. The van der Waals surface area contributed by atoms with Gasteiger partial charge in [-0.05, 0) is 42.3 Å². The molecular formula is C24H18FN5O3. The monoisotopic (exact) mass is 443 g/mol. The van der Waals surface area contributed by atoms with Crippen molar-refractivity contribution in [2.75, 3.05) is 0 Å². The van der Waals surface area contributed by atoms with E-state index >= 15 is 0 Å². The van der Waals surface area contributed by atoms with Crippen molar-refractivity contribution < 1.29 is 18.8 Å². The van der Waals surface area contributed by atoms with Crippen molar-refractivity contribution in [3.63, 3.8) is 0 Å². The lowest BCUT2D eigenvalue weighted by Gasteiger charge is -2.29. The summed E-state index contributed by atoms with van der Waals surface area (Å²) in [6.45, 7) is 0.231. The third-order valence-corrected chi connectivity index (χ3v) is 6.08. The number of hydrogen-bond donors (Lipinski definition) is 1. The number of rotatable bonds is 3. The van der Waals surface area contributed by atoms with Gasteiger partial charge in [0.1, 0.15) is 11.9 Å². The summed E-state index contributed by atoms with van der Waals surface area (Å²) in [4.78, 5) is 42.6. The highest BCUT2D eigenvalue weighted by molar-refractivity contribution is 6.05. The summed E-state index contributed by atoms with van der Waals surface area (Å²) in [6.07, 6.45) is 2.04. The third kappa shape index (κ3) is 3.36. The molecule has 5 rings (SSSR count). The number of amides is 3. The lowest BCUT2D eigenvalue weighted by molar-refractivity contribution is -0.136. The maximum Gasteiger partial charge on any atom is 0.255 e. The molecule has 1 N–H and O–H groups in total. The molecule has 9 heteroatoms. The highest BCUT2D eigenvalue weighted by Gasteiger charge is 2.39. The number of fused-ring (bicyclic) bond motifs is 1. The molecule has 3 heterocycles. The number of aromatic nitrogens is 2. The quantitative estimate of drug-likeness (QED) is 0.626. The lowest BCUT2D eigenvalue weighted by Crippen LogP contribution is -2.52. The van der Waals surface area contributed by atoms with Crippen LogP contribution in [0, 0.1) is 17.1 Å². The van der Waals surface area contributed by atoms with Crippen LogP contribution < -0.4 is 5.32 Å². The fourth-order valence-corrected chi connectivity index (χ4v) is 4.46. The number of halogens is 1. The number of aryl methyl sites for hydroxylation is 1. The van der Waals surface area contributed by atoms with Crippen LogP contribution in [0.4, 0.5) is 4.39 Å². The fraction of sp³-hybridized carbons (Fsp3) is 0.208. The Morgan fingerprint density at radius 1 is 1.15 bits per heavy atom. The largest absolute Gasteiger partial charge is 0.333 e. The van der Waals surface area contributed by atoms with Gasteiger partial charge >= 0.3 is 0 Å². The van der Waals surface area contributed by atoms with Gasteiger partial charge in [0, 0.05) is 36.7 Å². The number of nitrogens with one attached hydrogen (secondary N) is 1. The molecule has 8 nitrogen and oxygen atoms in total. The Morgan fingerprint density at radius 3 is 2.73 bits per heavy atom. The highest BCUT2D eigenvalue weighted by Crippen LogP contribution is 2.36. The minimum Gasteiger partial charge on any atom is -0.333 e. The summed E-state index contributed by atoms with van der Waals surface area (Å²) in [6, 6.07) is 10.7.